The van der Waals surface area contributed by atoms with Crippen LogP contribution >= 0.6 is 0 Å². The first-order valence-corrected chi connectivity index (χ1v) is 10.4. The van der Waals surface area contributed by atoms with E-state index in [1.165, 1.54) is 83.5 Å². The summed E-state index contributed by atoms with van der Waals surface area (Å²) in [6, 6.07) is 0. The van der Waals surface area contributed by atoms with Gasteiger partial charge < -0.3 is 4.74 Å². The Morgan fingerprint density at radius 3 is 2.17 bits per heavy atom. The number of carbonyl (C=O) groups excluding carboxylic acids is 1. The van der Waals surface area contributed by atoms with E-state index in [0.717, 1.165) is 5.92 Å². The van der Waals surface area contributed by atoms with Crippen molar-refractivity contribution in [2.75, 3.05) is 6.61 Å². The fraction of sp³-hybridized carbons (Fsp3) is 0.952. The summed E-state index contributed by atoms with van der Waals surface area (Å²) >= 11 is 0. The first kappa shape index (κ1) is 17.3. The summed E-state index contributed by atoms with van der Waals surface area (Å²) in [5.74, 6) is 1.29. The number of unbranched alkanes of at least 4 members (excludes halogenated alkanes) is 5. The Labute approximate surface area is 142 Å². The molecular formula is C21H36O2. The van der Waals surface area contributed by atoms with Crippen molar-refractivity contribution < 1.29 is 9.53 Å². The molecule has 0 N–H and O–H groups in total. The van der Waals surface area contributed by atoms with Crippen LogP contribution in [0.2, 0.25) is 0 Å². The highest BCUT2D eigenvalue weighted by Crippen LogP contribution is 2.84. The quantitative estimate of drug-likeness (QED) is 0.391. The highest BCUT2D eigenvalue weighted by molar-refractivity contribution is 5.80. The minimum absolute atomic E-state index is 0.132. The minimum Gasteiger partial charge on any atom is -0.466 e. The summed E-state index contributed by atoms with van der Waals surface area (Å²) < 4.78 is 5.42. The lowest BCUT2D eigenvalue weighted by molar-refractivity contribution is -0.146. The van der Waals surface area contributed by atoms with E-state index < -0.39 is 0 Å². The average molecular weight is 321 g/mol. The van der Waals surface area contributed by atoms with Gasteiger partial charge in [-0.3, -0.25) is 4.79 Å². The van der Waals surface area contributed by atoms with Gasteiger partial charge in [0.2, 0.25) is 0 Å². The number of ether oxygens (including phenoxy) is 1. The largest absolute Gasteiger partial charge is 0.466 e. The van der Waals surface area contributed by atoms with Gasteiger partial charge in [-0.25, -0.2) is 0 Å². The average Bonchev–Trinajstić information content (AvgIpc) is 2.97. The number of carbonyl (C=O) groups is 1. The lowest BCUT2D eigenvalue weighted by Gasteiger charge is -2.22. The molecule has 0 aromatic carbocycles. The molecule has 2 unspecified atom stereocenters. The highest BCUT2D eigenvalue weighted by atomic mass is 16.5. The molecule has 0 bridgehead atoms. The highest BCUT2D eigenvalue weighted by Gasteiger charge is 2.82. The van der Waals surface area contributed by atoms with E-state index in [9.17, 15) is 4.79 Å². The first-order valence-electron chi connectivity index (χ1n) is 10.4. The zero-order valence-electron chi connectivity index (χ0n) is 15.4. The predicted molar refractivity (Wildman–Crippen MR) is 94.2 cm³/mol. The molecule has 2 atom stereocenters. The zero-order chi connectivity index (χ0) is 16.3. The molecule has 3 saturated carbocycles. The number of hydrogen-bond acceptors (Lipinski definition) is 2. The normalized spacial score (nSPS) is 38.0. The number of hydrogen-bond donors (Lipinski definition) is 0. The molecule has 0 aromatic heterocycles. The maximum Gasteiger partial charge on any atom is 0.310 e. The predicted octanol–water partition coefficient (Wildman–Crippen LogP) is 5.89. The second-order valence-electron chi connectivity index (χ2n) is 8.54. The van der Waals surface area contributed by atoms with Crippen LogP contribution in [0.15, 0.2) is 0 Å². The van der Waals surface area contributed by atoms with Gasteiger partial charge in [0, 0.05) is 0 Å². The summed E-state index contributed by atoms with van der Waals surface area (Å²) in [5.41, 5.74) is 0.731. The molecule has 0 aromatic rings. The number of rotatable bonds is 9. The molecule has 0 heterocycles. The summed E-state index contributed by atoms with van der Waals surface area (Å²) in [4.78, 5) is 12.4. The maximum atomic E-state index is 12.4. The van der Waals surface area contributed by atoms with E-state index >= 15 is 0 Å². The third-order valence-corrected chi connectivity index (χ3v) is 7.30. The van der Waals surface area contributed by atoms with Gasteiger partial charge >= 0.3 is 5.97 Å². The molecule has 23 heavy (non-hydrogen) atoms. The van der Waals surface area contributed by atoms with Crippen molar-refractivity contribution in [3.05, 3.63) is 0 Å². The van der Waals surface area contributed by atoms with Crippen molar-refractivity contribution in [1.82, 2.24) is 0 Å². The molecule has 3 aliphatic rings. The SMILES string of the molecule is CCCCCCCCC1CC23CCCCC2(C1)C3C(=O)OCC. The zero-order valence-corrected chi connectivity index (χ0v) is 15.4. The first-order chi connectivity index (χ1) is 11.2. The van der Waals surface area contributed by atoms with Crippen molar-refractivity contribution >= 4 is 5.97 Å². The van der Waals surface area contributed by atoms with Gasteiger partial charge in [0.05, 0.1) is 12.5 Å². The van der Waals surface area contributed by atoms with E-state index in [1.54, 1.807) is 0 Å². The Hall–Kier alpha value is -0.530. The van der Waals surface area contributed by atoms with Gasteiger partial charge in [0.25, 0.3) is 0 Å². The molecule has 0 amide bonds. The standard InChI is InChI=1S/C21H36O2/c1-3-5-6-7-8-9-12-17-15-20-13-10-11-14-21(20,16-17)18(20)19(22)23-4-2/h17-18H,3-16H2,1-2H3. The molecular weight excluding hydrogens is 284 g/mol. The molecule has 0 radical (unpaired) electrons. The van der Waals surface area contributed by atoms with Crippen LogP contribution in [0, 0.1) is 22.7 Å². The Morgan fingerprint density at radius 2 is 1.57 bits per heavy atom. The van der Waals surface area contributed by atoms with Crippen molar-refractivity contribution in [3.63, 3.8) is 0 Å². The molecule has 2 heteroatoms. The lowest BCUT2D eigenvalue weighted by Crippen LogP contribution is -2.18. The van der Waals surface area contributed by atoms with Gasteiger partial charge in [-0.2, -0.15) is 0 Å². The fourth-order valence-electron chi connectivity index (χ4n) is 6.45. The van der Waals surface area contributed by atoms with Crippen LogP contribution in [0.1, 0.15) is 97.3 Å². The van der Waals surface area contributed by atoms with Crippen LogP contribution in [-0.2, 0) is 9.53 Å². The van der Waals surface area contributed by atoms with E-state index in [2.05, 4.69) is 6.92 Å². The summed E-state index contributed by atoms with van der Waals surface area (Å²) in [6.45, 7) is 4.77. The van der Waals surface area contributed by atoms with Crippen molar-refractivity contribution in [1.29, 1.82) is 0 Å². The maximum absolute atomic E-state index is 12.4. The van der Waals surface area contributed by atoms with Gasteiger partial charge in [0.1, 0.15) is 0 Å². The molecule has 2 nitrogen and oxygen atoms in total. The van der Waals surface area contributed by atoms with Crippen molar-refractivity contribution in [2.24, 2.45) is 22.7 Å². The van der Waals surface area contributed by atoms with Crippen molar-refractivity contribution in [2.45, 2.75) is 97.3 Å². The topological polar surface area (TPSA) is 26.3 Å². The Balaban J connectivity index is 1.49. The van der Waals surface area contributed by atoms with E-state index in [1.807, 2.05) is 6.92 Å². The molecule has 132 valence electrons. The third-order valence-electron chi connectivity index (χ3n) is 7.30. The van der Waals surface area contributed by atoms with Gasteiger partial charge in [-0.1, -0.05) is 64.7 Å². The van der Waals surface area contributed by atoms with Crippen LogP contribution in [0.4, 0.5) is 0 Å². The Bertz CT molecular complexity index is 396. The monoisotopic (exact) mass is 320 g/mol. The van der Waals surface area contributed by atoms with Crippen molar-refractivity contribution in [3.8, 4) is 0 Å². The van der Waals surface area contributed by atoms with Gasteiger partial charge in [0.15, 0.2) is 0 Å². The number of esters is 1. The molecule has 3 aliphatic carbocycles. The fourth-order valence-corrected chi connectivity index (χ4v) is 6.45. The van der Waals surface area contributed by atoms with Crippen LogP contribution in [0.5, 0.6) is 0 Å². The van der Waals surface area contributed by atoms with Crippen LogP contribution in [0.25, 0.3) is 0 Å². The lowest BCUT2D eigenvalue weighted by atomic mass is 9.82. The van der Waals surface area contributed by atoms with E-state index in [-0.39, 0.29) is 11.9 Å². The molecule has 3 rings (SSSR count). The third kappa shape index (κ3) is 2.96. The Morgan fingerprint density at radius 1 is 0.957 bits per heavy atom. The second kappa shape index (κ2) is 7.15. The van der Waals surface area contributed by atoms with Gasteiger partial charge in [-0.15, -0.1) is 0 Å². The van der Waals surface area contributed by atoms with Gasteiger partial charge in [-0.05, 0) is 49.4 Å². The smallest absolute Gasteiger partial charge is 0.310 e. The Kier molecular flexibility index (Phi) is 5.38. The molecule has 0 saturated heterocycles. The van der Waals surface area contributed by atoms with Crippen LogP contribution < -0.4 is 0 Å². The van der Waals surface area contributed by atoms with Crippen LogP contribution in [-0.4, -0.2) is 12.6 Å². The summed E-state index contributed by atoms with van der Waals surface area (Å²) in [6.07, 6.45) is 17.7. The molecule has 0 aliphatic heterocycles. The molecule has 0 spiro atoms. The second-order valence-corrected chi connectivity index (χ2v) is 8.54. The van der Waals surface area contributed by atoms with Crippen LogP contribution in [0.3, 0.4) is 0 Å². The van der Waals surface area contributed by atoms with E-state index in [4.69, 9.17) is 4.74 Å². The van der Waals surface area contributed by atoms with E-state index in [0.29, 0.717) is 17.4 Å². The summed E-state index contributed by atoms with van der Waals surface area (Å²) in [5, 5.41) is 0. The molecule has 3 fully saturated rings. The minimum atomic E-state index is 0.132. The summed E-state index contributed by atoms with van der Waals surface area (Å²) in [7, 11) is 0.